The summed E-state index contributed by atoms with van der Waals surface area (Å²) >= 11 is 2.20. The fourth-order valence-corrected chi connectivity index (χ4v) is 3.69. The van der Waals surface area contributed by atoms with E-state index in [0.717, 1.165) is 20.3 Å². The first-order valence-electron chi connectivity index (χ1n) is 9.30. The van der Waals surface area contributed by atoms with Gasteiger partial charge in [0.2, 0.25) is 5.91 Å². The molecule has 0 fully saturated rings. The second kappa shape index (κ2) is 9.22. The van der Waals surface area contributed by atoms with Crippen LogP contribution in [0.4, 0.5) is 0 Å². The Morgan fingerprint density at radius 1 is 0.897 bits per heavy atom. The number of hydrogen-bond donors (Lipinski definition) is 2. The molecule has 3 aromatic carbocycles. The average Bonchev–Trinajstić information content (AvgIpc) is 2.75. The van der Waals surface area contributed by atoms with Crippen LogP contribution in [0.1, 0.15) is 23.6 Å². The summed E-state index contributed by atoms with van der Waals surface area (Å²) in [4.78, 5) is 25.3. The maximum Gasteiger partial charge on any atom is 0.326 e. The normalized spacial score (nSPS) is 12.2. The van der Waals surface area contributed by atoms with E-state index < -0.39 is 17.4 Å². The van der Waals surface area contributed by atoms with E-state index in [-0.39, 0.29) is 12.3 Å². The zero-order valence-corrected chi connectivity index (χ0v) is 18.2. The Hall–Kier alpha value is -2.67. The van der Waals surface area contributed by atoms with Crippen molar-refractivity contribution in [3.8, 4) is 0 Å². The van der Waals surface area contributed by atoms with Crippen molar-refractivity contribution >= 4 is 34.5 Å². The van der Waals surface area contributed by atoms with Crippen LogP contribution in [0, 0.1) is 3.57 Å². The zero-order valence-electron chi connectivity index (χ0n) is 16.0. The fraction of sp³-hybridized carbons (Fsp3) is 0.167. The van der Waals surface area contributed by atoms with Crippen molar-refractivity contribution in [3.05, 3.63) is 105 Å². The second-order valence-corrected chi connectivity index (χ2v) is 8.30. The highest BCUT2D eigenvalue weighted by atomic mass is 127. The van der Waals surface area contributed by atoms with Gasteiger partial charge in [0.1, 0.15) is 6.04 Å². The number of halogens is 1. The van der Waals surface area contributed by atoms with Crippen LogP contribution in [0.2, 0.25) is 0 Å². The van der Waals surface area contributed by atoms with E-state index in [4.69, 9.17) is 0 Å². The Labute approximate surface area is 184 Å². The van der Waals surface area contributed by atoms with Gasteiger partial charge in [-0.3, -0.25) is 4.79 Å². The molecule has 0 heterocycles. The van der Waals surface area contributed by atoms with E-state index in [2.05, 4.69) is 27.9 Å². The van der Waals surface area contributed by atoms with Crippen LogP contribution in [0.3, 0.4) is 0 Å². The van der Waals surface area contributed by atoms with E-state index in [1.807, 2.05) is 91.9 Å². The van der Waals surface area contributed by atoms with Crippen LogP contribution in [0.25, 0.3) is 0 Å². The van der Waals surface area contributed by atoms with E-state index in [9.17, 15) is 14.7 Å². The summed E-state index contributed by atoms with van der Waals surface area (Å²) in [5, 5.41) is 12.5. The first-order valence-corrected chi connectivity index (χ1v) is 10.4. The SMILES string of the molecule is CC(C(=O)N[C@@H](Cc1ccc(I)cc1)C(=O)O)(c1ccccc1)c1ccccc1. The maximum absolute atomic E-state index is 13.4. The van der Waals surface area contributed by atoms with Crippen molar-refractivity contribution in [1.82, 2.24) is 5.32 Å². The van der Waals surface area contributed by atoms with Gasteiger partial charge >= 0.3 is 5.97 Å². The molecule has 5 heteroatoms. The summed E-state index contributed by atoms with van der Waals surface area (Å²) in [6.07, 6.45) is 0.220. The van der Waals surface area contributed by atoms with Crippen LogP contribution in [-0.4, -0.2) is 23.0 Å². The summed E-state index contributed by atoms with van der Waals surface area (Å²) in [5.74, 6) is -1.40. The Kier molecular flexibility index (Phi) is 6.69. The van der Waals surface area contributed by atoms with Gasteiger partial charge in [-0.15, -0.1) is 0 Å². The zero-order chi connectivity index (χ0) is 20.9. The summed E-state index contributed by atoms with van der Waals surface area (Å²) in [5.41, 5.74) is 1.46. The van der Waals surface area contributed by atoms with Gasteiger partial charge in [0.15, 0.2) is 0 Å². The minimum atomic E-state index is -1.06. The van der Waals surface area contributed by atoms with Crippen molar-refractivity contribution in [2.24, 2.45) is 0 Å². The third-order valence-corrected chi connectivity index (χ3v) is 5.83. The molecule has 3 aromatic rings. The monoisotopic (exact) mass is 499 g/mol. The molecule has 0 unspecified atom stereocenters. The van der Waals surface area contributed by atoms with Gasteiger partial charge in [-0.25, -0.2) is 4.79 Å². The molecule has 29 heavy (non-hydrogen) atoms. The molecule has 0 aliphatic carbocycles. The second-order valence-electron chi connectivity index (χ2n) is 7.05. The highest BCUT2D eigenvalue weighted by Gasteiger charge is 2.38. The molecule has 0 aromatic heterocycles. The van der Waals surface area contributed by atoms with E-state index in [1.54, 1.807) is 0 Å². The van der Waals surface area contributed by atoms with Gasteiger partial charge in [-0.1, -0.05) is 72.8 Å². The van der Waals surface area contributed by atoms with Crippen LogP contribution in [-0.2, 0) is 21.4 Å². The molecule has 148 valence electrons. The number of carbonyl (C=O) groups excluding carboxylic acids is 1. The molecule has 1 amide bonds. The van der Waals surface area contributed by atoms with Crippen LogP contribution >= 0.6 is 22.6 Å². The lowest BCUT2D eigenvalue weighted by molar-refractivity contribution is -0.142. The predicted molar refractivity (Wildman–Crippen MR) is 122 cm³/mol. The highest BCUT2D eigenvalue weighted by molar-refractivity contribution is 14.1. The summed E-state index contributed by atoms with van der Waals surface area (Å²) in [6, 6.07) is 25.5. The number of carbonyl (C=O) groups is 2. The highest BCUT2D eigenvalue weighted by Crippen LogP contribution is 2.32. The van der Waals surface area contributed by atoms with Gasteiger partial charge in [0, 0.05) is 9.99 Å². The number of nitrogens with one attached hydrogen (secondary N) is 1. The number of rotatable bonds is 7. The topological polar surface area (TPSA) is 66.4 Å². The van der Waals surface area contributed by atoms with Crippen molar-refractivity contribution in [1.29, 1.82) is 0 Å². The predicted octanol–water partition coefficient (Wildman–Crippen LogP) is 4.41. The Morgan fingerprint density at radius 3 is 1.83 bits per heavy atom. The van der Waals surface area contributed by atoms with Crippen molar-refractivity contribution in [2.45, 2.75) is 24.8 Å². The molecule has 0 bridgehead atoms. The number of amides is 1. The maximum atomic E-state index is 13.4. The molecule has 0 aliphatic rings. The molecule has 4 nitrogen and oxygen atoms in total. The Morgan fingerprint density at radius 2 is 1.38 bits per heavy atom. The van der Waals surface area contributed by atoms with Gasteiger partial charge in [-0.2, -0.15) is 0 Å². The van der Waals surface area contributed by atoms with Crippen molar-refractivity contribution in [2.75, 3.05) is 0 Å². The molecule has 0 spiro atoms. The number of carboxylic acid groups (broad SMARTS) is 1. The number of benzene rings is 3. The average molecular weight is 499 g/mol. The number of hydrogen-bond acceptors (Lipinski definition) is 2. The molecule has 2 N–H and O–H groups in total. The molecular formula is C24H22INO3. The van der Waals surface area contributed by atoms with E-state index in [1.165, 1.54) is 0 Å². The van der Waals surface area contributed by atoms with Crippen LogP contribution in [0.5, 0.6) is 0 Å². The summed E-state index contributed by atoms with van der Waals surface area (Å²) in [6.45, 7) is 1.83. The third-order valence-electron chi connectivity index (χ3n) is 5.11. The fourth-order valence-electron chi connectivity index (χ4n) is 3.33. The van der Waals surface area contributed by atoms with E-state index >= 15 is 0 Å². The third kappa shape index (κ3) is 4.85. The molecular weight excluding hydrogens is 477 g/mol. The first-order chi connectivity index (χ1) is 13.9. The molecule has 0 saturated heterocycles. The quantitative estimate of drug-likeness (QED) is 0.474. The molecule has 0 saturated carbocycles. The largest absolute Gasteiger partial charge is 0.480 e. The summed E-state index contributed by atoms with van der Waals surface area (Å²) < 4.78 is 1.07. The lowest BCUT2D eigenvalue weighted by Gasteiger charge is -2.31. The lowest BCUT2D eigenvalue weighted by atomic mass is 9.75. The molecule has 3 rings (SSSR count). The molecule has 0 radical (unpaired) electrons. The minimum absolute atomic E-state index is 0.220. The Balaban J connectivity index is 1.92. The van der Waals surface area contributed by atoms with Gasteiger partial charge in [0.05, 0.1) is 5.41 Å². The standard InChI is InChI=1S/C24H22INO3/c1-24(18-8-4-2-5-9-18,19-10-6-3-7-11-19)23(29)26-21(22(27)28)16-17-12-14-20(25)15-13-17/h2-15,21H,16H2,1H3,(H,26,29)(H,27,28)/t21-/m0/s1. The van der Waals surface area contributed by atoms with Gasteiger partial charge in [0.25, 0.3) is 0 Å². The lowest BCUT2D eigenvalue weighted by Crippen LogP contribution is -2.50. The van der Waals surface area contributed by atoms with Crippen molar-refractivity contribution in [3.63, 3.8) is 0 Å². The first kappa shape index (κ1) is 21.0. The van der Waals surface area contributed by atoms with E-state index in [0.29, 0.717) is 0 Å². The van der Waals surface area contributed by atoms with Crippen LogP contribution in [0.15, 0.2) is 84.9 Å². The molecule has 1 atom stereocenters. The number of carboxylic acids is 1. The summed E-state index contributed by atoms with van der Waals surface area (Å²) in [7, 11) is 0. The minimum Gasteiger partial charge on any atom is -0.480 e. The smallest absolute Gasteiger partial charge is 0.326 e. The Bertz CT molecular complexity index is 933. The number of aliphatic carboxylic acids is 1. The van der Waals surface area contributed by atoms with Crippen molar-refractivity contribution < 1.29 is 14.7 Å². The van der Waals surface area contributed by atoms with Gasteiger partial charge < -0.3 is 10.4 Å². The van der Waals surface area contributed by atoms with Gasteiger partial charge in [-0.05, 0) is 58.3 Å². The molecule has 0 aliphatic heterocycles. The van der Waals surface area contributed by atoms with Crippen LogP contribution < -0.4 is 5.32 Å².